The zero-order valence-corrected chi connectivity index (χ0v) is 11.5. The first-order valence-corrected chi connectivity index (χ1v) is 6.86. The fraction of sp³-hybridized carbons (Fsp3) is 0.333. The Labute approximate surface area is 107 Å². The van der Waals surface area contributed by atoms with Crippen LogP contribution < -0.4 is 5.73 Å². The Kier molecular flexibility index (Phi) is 3.25. The van der Waals surface area contributed by atoms with Crippen LogP contribution in [0.25, 0.3) is 10.4 Å². The van der Waals surface area contributed by atoms with Crippen molar-refractivity contribution in [2.75, 3.05) is 5.73 Å². The van der Waals surface area contributed by atoms with Gasteiger partial charge in [-0.1, -0.05) is 32.9 Å². The molecular weight excluding hydrogens is 226 g/mol. The molecule has 2 N–H and O–H groups in total. The minimum atomic E-state index is 0.136. The third-order valence-corrected chi connectivity index (χ3v) is 4.39. The molecule has 0 atom stereocenters. The molecule has 0 saturated heterocycles. The highest BCUT2D eigenvalue weighted by Crippen LogP contribution is 2.35. The molecule has 0 bridgehead atoms. The van der Waals surface area contributed by atoms with E-state index in [1.54, 1.807) is 11.3 Å². The first kappa shape index (κ1) is 12.2. The fourth-order valence-electron chi connectivity index (χ4n) is 1.93. The number of nitrogen functional groups attached to an aromatic ring is 1. The van der Waals surface area contributed by atoms with Gasteiger partial charge in [-0.2, -0.15) is 0 Å². The van der Waals surface area contributed by atoms with Gasteiger partial charge in [-0.15, -0.1) is 11.3 Å². The fourth-order valence-corrected chi connectivity index (χ4v) is 2.65. The van der Waals surface area contributed by atoms with Crippen molar-refractivity contribution in [1.29, 1.82) is 0 Å². The lowest BCUT2D eigenvalue weighted by Crippen LogP contribution is -2.17. The molecule has 2 rings (SSSR count). The van der Waals surface area contributed by atoms with Crippen molar-refractivity contribution < 1.29 is 0 Å². The molecule has 0 aliphatic heterocycles. The first-order chi connectivity index (χ1) is 8.04. The number of rotatable bonds is 3. The molecule has 1 aromatic carbocycles. The summed E-state index contributed by atoms with van der Waals surface area (Å²) in [6.45, 7) is 6.70. The van der Waals surface area contributed by atoms with Gasteiger partial charge in [-0.3, -0.25) is 0 Å². The van der Waals surface area contributed by atoms with Crippen molar-refractivity contribution in [3.8, 4) is 10.4 Å². The van der Waals surface area contributed by atoms with Crippen LogP contribution in [0.2, 0.25) is 0 Å². The summed E-state index contributed by atoms with van der Waals surface area (Å²) >= 11 is 1.77. The summed E-state index contributed by atoms with van der Waals surface area (Å²) in [6, 6.07) is 10.6. The Balaban J connectivity index is 2.50. The van der Waals surface area contributed by atoms with E-state index in [0.717, 1.165) is 12.1 Å². The summed E-state index contributed by atoms with van der Waals surface area (Å²) in [5.74, 6) is 0. The number of hydrogen-bond donors (Lipinski definition) is 1. The summed E-state index contributed by atoms with van der Waals surface area (Å²) in [4.78, 5) is 1.30. The van der Waals surface area contributed by atoms with Gasteiger partial charge in [-0.25, -0.2) is 0 Å². The molecule has 17 heavy (non-hydrogen) atoms. The van der Waals surface area contributed by atoms with Crippen LogP contribution in [0, 0.1) is 0 Å². The Bertz CT molecular complexity index is 498. The van der Waals surface area contributed by atoms with Crippen LogP contribution in [0.1, 0.15) is 32.8 Å². The van der Waals surface area contributed by atoms with Crippen LogP contribution in [-0.4, -0.2) is 0 Å². The van der Waals surface area contributed by atoms with Gasteiger partial charge in [0, 0.05) is 10.6 Å². The maximum atomic E-state index is 6.11. The molecule has 1 aromatic heterocycles. The van der Waals surface area contributed by atoms with Gasteiger partial charge < -0.3 is 5.73 Å². The van der Waals surface area contributed by atoms with E-state index in [9.17, 15) is 0 Å². The first-order valence-electron chi connectivity index (χ1n) is 5.98. The Hall–Kier alpha value is -1.28. The summed E-state index contributed by atoms with van der Waals surface area (Å²) in [5, 5.41) is 2.11. The van der Waals surface area contributed by atoms with E-state index in [4.69, 9.17) is 5.73 Å². The number of benzene rings is 1. The second-order valence-electron chi connectivity index (χ2n) is 5.02. The normalized spacial score (nSPS) is 11.7. The van der Waals surface area contributed by atoms with Crippen LogP contribution in [0.5, 0.6) is 0 Å². The van der Waals surface area contributed by atoms with Crippen LogP contribution in [0.4, 0.5) is 5.69 Å². The van der Waals surface area contributed by atoms with E-state index in [0.29, 0.717) is 0 Å². The molecule has 1 heterocycles. The molecule has 0 radical (unpaired) electrons. The predicted octanol–water partition coefficient (Wildman–Crippen LogP) is 4.68. The van der Waals surface area contributed by atoms with Crippen molar-refractivity contribution >= 4 is 17.0 Å². The number of nitrogens with two attached hydrogens (primary N) is 1. The van der Waals surface area contributed by atoms with Gasteiger partial charge in [0.15, 0.2) is 0 Å². The van der Waals surface area contributed by atoms with Crippen molar-refractivity contribution in [1.82, 2.24) is 0 Å². The molecule has 2 heteroatoms. The molecule has 0 amide bonds. The van der Waals surface area contributed by atoms with Crippen molar-refractivity contribution in [3.05, 3.63) is 41.3 Å². The van der Waals surface area contributed by atoms with Crippen LogP contribution >= 0.6 is 11.3 Å². The van der Waals surface area contributed by atoms with E-state index in [-0.39, 0.29) is 5.41 Å². The summed E-state index contributed by atoms with van der Waals surface area (Å²) in [5.41, 5.74) is 9.67. The topological polar surface area (TPSA) is 26.0 Å². The highest BCUT2D eigenvalue weighted by atomic mass is 32.1. The van der Waals surface area contributed by atoms with Crippen molar-refractivity contribution in [2.45, 2.75) is 32.6 Å². The molecule has 0 aliphatic carbocycles. The monoisotopic (exact) mass is 245 g/mol. The summed E-state index contributed by atoms with van der Waals surface area (Å²) in [7, 11) is 0. The van der Waals surface area contributed by atoms with E-state index < -0.39 is 0 Å². The molecule has 1 nitrogen and oxygen atoms in total. The average Bonchev–Trinajstić information content (AvgIpc) is 2.83. The van der Waals surface area contributed by atoms with Crippen molar-refractivity contribution in [3.63, 3.8) is 0 Å². The third kappa shape index (κ3) is 2.37. The van der Waals surface area contributed by atoms with Gasteiger partial charge in [-0.05, 0) is 46.5 Å². The van der Waals surface area contributed by atoms with E-state index in [2.05, 4.69) is 50.4 Å². The lowest BCUT2D eigenvalue weighted by molar-refractivity contribution is 0.508. The molecule has 0 spiro atoms. The van der Waals surface area contributed by atoms with Gasteiger partial charge in [0.2, 0.25) is 0 Å². The van der Waals surface area contributed by atoms with Crippen LogP contribution in [-0.2, 0) is 5.41 Å². The highest BCUT2D eigenvalue weighted by Gasteiger charge is 2.21. The third-order valence-electron chi connectivity index (χ3n) is 3.47. The van der Waals surface area contributed by atoms with Gasteiger partial charge >= 0.3 is 0 Å². The second-order valence-corrected chi connectivity index (χ2v) is 5.96. The number of anilines is 1. The second kappa shape index (κ2) is 4.53. The highest BCUT2D eigenvalue weighted by molar-refractivity contribution is 7.13. The molecule has 0 saturated carbocycles. The van der Waals surface area contributed by atoms with E-state index in [1.807, 2.05) is 6.07 Å². The lowest BCUT2D eigenvalue weighted by atomic mass is 9.80. The van der Waals surface area contributed by atoms with Gasteiger partial charge in [0.05, 0.1) is 0 Å². The van der Waals surface area contributed by atoms with Gasteiger partial charge in [0.25, 0.3) is 0 Å². The predicted molar refractivity (Wildman–Crippen MR) is 77.5 cm³/mol. The molecular formula is C15H19NS. The average molecular weight is 245 g/mol. The minimum Gasteiger partial charge on any atom is -0.398 e. The Morgan fingerprint density at radius 3 is 2.59 bits per heavy atom. The standard InChI is InChI=1S/C15H19NS/c1-4-15(2,3)12-10-11(7-8-13(12)16)14-6-5-9-17-14/h5-10H,4,16H2,1-3H3. The largest absolute Gasteiger partial charge is 0.398 e. The van der Waals surface area contributed by atoms with Crippen molar-refractivity contribution in [2.24, 2.45) is 0 Å². The van der Waals surface area contributed by atoms with Crippen LogP contribution in [0.15, 0.2) is 35.7 Å². The zero-order chi connectivity index (χ0) is 12.5. The zero-order valence-electron chi connectivity index (χ0n) is 10.7. The maximum Gasteiger partial charge on any atom is 0.0352 e. The molecule has 90 valence electrons. The number of hydrogen-bond acceptors (Lipinski definition) is 2. The molecule has 0 fully saturated rings. The molecule has 0 aliphatic rings. The van der Waals surface area contributed by atoms with E-state index in [1.165, 1.54) is 16.0 Å². The van der Waals surface area contributed by atoms with E-state index >= 15 is 0 Å². The Morgan fingerprint density at radius 1 is 1.24 bits per heavy atom. The molecule has 0 unspecified atom stereocenters. The number of thiophene rings is 1. The minimum absolute atomic E-state index is 0.136. The smallest absolute Gasteiger partial charge is 0.0352 e. The van der Waals surface area contributed by atoms with Crippen LogP contribution in [0.3, 0.4) is 0 Å². The van der Waals surface area contributed by atoms with Gasteiger partial charge in [0.1, 0.15) is 0 Å². The molecule has 2 aromatic rings. The lowest BCUT2D eigenvalue weighted by Gasteiger charge is -2.25. The summed E-state index contributed by atoms with van der Waals surface area (Å²) < 4.78 is 0. The SMILES string of the molecule is CCC(C)(C)c1cc(-c2cccs2)ccc1N. The quantitative estimate of drug-likeness (QED) is 0.780. The maximum absolute atomic E-state index is 6.11. The summed E-state index contributed by atoms with van der Waals surface area (Å²) in [6.07, 6.45) is 1.09. The Morgan fingerprint density at radius 2 is 2.00 bits per heavy atom.